The highest BCUT2D eigenvalue weighted by molar-refractivity contribution is 5.76. The quantitative estimate of drug-likeness (QED) is 0.451. The molecule has 202 valence electrons. The van der Waals surface area contributed by atoms with Gasteiger partial charge in [-0.3, -0.25) is 9.69 Å². The summed E-state index contributed by atoms with van der Waals surface area (Å²) < 4.78 is 25.7. The third-order valence-corrected chi connectivity index (χ3v) is 6.90. The van der Waals surface area contributed by atoms with Crippen molar-refractivity contribution in [1.82, 2.24) is 14.9 Å². The molecule has 1 saturated heterocycles. The third kappa shape index (κ3) is 6.22. The van der Waals surface area contributed by atoms with Crippen molar-refractivity contribution in [2.75, 3.05) is 44.7 Å². The highest BCUT2D eigenvalue weighted by Crippen LogP contribution is 2.33. The second-order valence-electron chi connectivity index (χ2n) is 9.98. The maximum atomic E-state index is 13.9. The molecule has 1 fully saturated rings. The van der Waals surface area contributed by atoms with Gasteiger partial charge in [0.1, 0.15) is 29.7 Å². The zero-order valence-electron chi connectivity index (χ0n) is 22.8. The van der Waals surface area contributed by atoms with Crippen molar-refractivity contribution in [3.8, 4) is 22.9 Å². The minimum atomic E-state index is -0.392. The molecule has 1 aliphatic rings. The molecule has 38 heavy (non-hydrogen) atoms. The molecule has 0 saturated carbocycles. The number of nitrogens with two attached hydrogens (primary N) is 1. The van der Waals surface area contributed by atoms with Crippen LogP contribution in [0.2, 0.25) is 0 Å². The molecule has 2 aromatic carbocycles. The molecule has 0 bridgehead atoms. The van der Waals surface area contributed by atoms with Crippen LogP contribution in [0.25, 0.3) is 11.4 Å². The van der Waals surface area contributed by atoms with Crippen molar-refractivity contribution in [3.05, 3.63) is 64.6 Å². The van der Waals surface area contributed by atoms with E-state index in [0.29, 0.717) is 55.8 Å². The van der Waals surface area contributed by atoms with Gasteiger partial charge in [0.25, 0.3) is 0 Å². The van der Waals surface area contributed by atoms with Gasteiger partial charge in [-0.25, -0.2) is 14.4 Å². The summed E-state index contributed by atoms with van der Waals surface area (Å²) in [5, 5.41) is 0. The van der Waals surface area contributed by atoms with E-state index in [1.807, 2.05) is 18.7 Å². The number of anilines is 1. The summed E-state index contributed by atoms with van der Waals surface area (Å²) in [6.07, 6.45) is 0. The largest absolute Gasteiger partial charge is 0.496 e. The second-order valence-corrected chi connectivity index (χ2v) is 9.98. The Hall–Kier alpha value is -3.72. The number of rotatable bonds is 9. The van der Waals surface area contributed by atoms with E-state index in [2.05, 4.69) is 36.9 Å². The number of ether oxygens (including phenoxy) is 2. The molecule has 0 radical (unpaired) electrons. The average molecular weight is 522 g/mol. The third-order valence-electron chi connectivity index (χ3n) is 6.90. The lowest BCUT2D eigenvalue weighted by Crippen LogP contribution is -2.49. The fourth-order valence-electron chi connectivity index (χ4n) is 4.60. The van der Waals surface area contributed by atoms with E-state index in [-0.39, 0.29) is 12.5 Å². The number of carbonyl (C=O) groups excluding carboxylic acids is 1. The van der Waals surface area contributed by atoms with Crippen LogP contribution in [-0.2, 0) is 11.4 Å². The zero-order valence-corrected chi connectivity index (χ0v) is 22.8. The molecule has 8 nitrogen and oxygen atoms in total. The summed E-state index contributed by atoms with van der Waals surface area (Å²) in [5.74, 6) is 2.07. The number of hydrogen-bond acceptors (Lipinski definition) is 7. The second kappa shape index (κ2) is 11.8. The first kappa shape index (κ1) is 27.3. The van der Waals surface area contributed by atoms with E-state index in [1.165, 1.54) is 24.8 Å². The van der Waals surface area contributed by atoms with Crippen molar-refractivity contribution < 1.29 is 18.7 Å². The van der Waals surface area contributed by atoms with Crippen LogP contribution >= 0.6 is 0 Å². The number of amides is 1. The first-order valence-corrected chi connectivity index (χ1v) is 12.9. The molecule has 0 unspecified atom stereocenters. The number of methoxy groups -OCH3 is 1. The Morgan fingerprint density at radius 1 is 1.05 bits per heavy atom. The minimum Gasteiger partial charge on any atom is -0.496 e. The van der Waals surface area contributed by atoms with Crippen LogP contribution in [0.15, 0.2) is 36.4 Å². The monoisotopic (exact) mass is 521 g/mol. The SMILES string of the molecule is COc1cc(F)ccc1-c1nc(C)c(COc2cc(C(C)C)ccc2C)c(N2CCN(CC(N)=O)CC2)n1. The topological polar surface area (TPSA) is 93.8 Å². The number of aromatic nitrogens is 2. The molecular formula is C29H36FN5O3. The number of piperazine rings is 1. The fraction of sp³-hybridized carbons (Fsp3) is 0.414. The number of aryl methyl sites for hydroxylation is 2. The van der Waals surface area contributed by atoms with Crippen LogP contribution in [0.5, 0.6) is 11.5 Å². The number of hydrogen-bond donors (Lipinski definition) is 1. The summed E-state index contributed by atoms with van der Waals surface area (Å²) >= 11 is 0. The Kier molecular flexibility index (Phi) is 8.46. The molecule has 0 atom stereocenters. The normalized spacial score (nSPS) is 14.1. The van der Waals surface area contributed by atoms with Crippen LogP contribution in [0, 0.1) is 19.7 Å². The molecule has 0 aliphatic carbocycles. The fourth-order valence-corrected chi connectivity index (χ4v) is 4.60. The molecule has 0 spiro atoms. The van der Waals surface area contributed by atoms with Crippen LogP contribution in [-0.4, -0.2) is 60.6 Å². The van der Waals surface area contributed by atoms with E-state index < -0.39 is 5.82 Å². The maximum absolute atomic E-state index is 13.9. The van der Waals surface area contributed by atoms with Crippen LogP contribution in [0.1, 0.15) is 42.1 Å². The standard InChI is InChI=1S/C29H36FN5O3/c1-18(2)21-7-6-19(3)25(14-21)38-17-24-20(4)32-28(23-9-8-22(30)15-26(23)37-5)33-29(24)35-12-10-34(11-13-35)16-27(31)36/h6-9,14-15,18H,10-13,16-17H2,1-5H3,(H2,31,36). The molecule has 9 heteroatoms. The number of primary amides is 1. The molecular weight excluding hydrogens is 485 g/mol. The van der Waals surface area contributed by atoms with Gasteiger partial charge in [0, 0.05) is 32.2 Å². The minimum absolute atomic E-state index is 0.232. The van der Waals surface area contributed by atoms with E-state index in [4.69, 9.17) is 25.2 Å². The Morgan fingerprint density at radius 3 is 2.45 bits per heavy atom. The Balaban J connectivity index is 1.70. The van der Waals surface area contributed by atoms with E-state index in [1.54, 1.807) is 6.07 Å². The van der Waals surface area contributed by atoms with Crippen molar-refractivity contribution in [3.63, 3.8) is 0 Å². The van der Waals surface area contributed by atoms with Gasteiger partial charge in [-0.15, -0.1) is 0 Å². The van der Waals surface area contributed by atoms with E-state index >= 15 is 0 Å². The first-order chi connectivity index (χ1) is 18.2. The summed E-state index contributed by atoms with van der Waals surface area (Å²) in [6.45, 7) is 11.5. The predicted molar refractivity (Wildman–Crippen MR) is 146 cm³/mol. The van der Waals surface area contributed by atoms with E-state index in [9.17, 15) is 9.18 Å². The summed E-state index contributed by atoms with van der Waals surface area (Å²) in [5.41, 5.74) is 9.93. The molecule has 1 amide bonds. The highest BCUT2D eigenvalue weighted by atomic mass is 19.1. The Morgan fingerprint density at radius 2 is 1.79 bits per heavy atom. The molecule has 3 aromatic rings. The summed E-state index contributed by atoms with van der Waals surface area (Å²) in [7, 11) is 1.50. The number of halogens is 1. The van der Waals surface area contributed by atoms with Crippen molar-refractivity contribution in [1.29, 1.82) is 0 Å². The number of carbonyl (C=O) groups is 1. The molecule has 4 rings (SSSR count). The van der Waals surface area contributed by atoms with Crippen molar-refractivity contribution in [2.24, 2.45) is 5.73 Å². The van der Waals surface area contributed by atoms with Crippen LogP contribution in [0.3, 0.4) is 0 Å². The smallest absolute Gasteiger partial charge is 0.231 e. The van der Waals surface area contributed by atoms with Crippen LogP contribution < -0.4 is 20.1 Å². The maximum Gasteiger partial charge on any atom is 0.231 e. The first-order valence-electron chi connectivity index (χ1n) is 12.9. The van der Waals surface area contributed by atoms with Gasteiger partial charge < -0.3 is 20.1 Å². The van der Waals surface area contributed by atoms with Crippen molar-refractivity contribution in [2.45, 2.75) is 40.2 Å². The van der Waals surface area contributed by atoms with Crippen molar-refractivity contribution >= 4 is 11.7 Å². The average Bonchev–Trinajstić information content (AvgIpc) is 2.88. The number of benzene rings is 2. The summed E-state index contributed by atoms with van der Waals surface area (Å²) in [4.78, 5) is 25.4. The van der Waals surface area contributed by atoms with Gasteiger partial charge in [-0.2, -0.15) is 0 Å². The van der Waals surface area contributed by atoms with Gasteiger partial charge in [0.05, 0.1) is 30.5 Å². The molecule has 1 aliphatic heterocycles. The zero-order chi connectivity index (χ0) is 27.4. The molecule has 2 N–H and O–H groups in total. The highest BCUT2D eigenvalue weighted by Gasteiger charge is 2.25. The van der Waals surface area contributed by atoms with E-state index in [0.717, 1.165) is 28.4 Å². The summed E-state index contributed by atoms with van der Waals surface area (Å²) in [6, 6.07) is 10.6. The predicted octanol–water partition coefficient (Wildman–Crippen LogP) is 4.22. The van der Waals surface area contributed by atoms with Gasteiger partial charge >= 0.3 is 0 Å². The lowest BCUT2D eigenvalue weighted by molar-refractivity contribution is -0.119. The lowest BCUT2D eigenvalue weighted by atomic mass is 10.0. The number of nitrogens with zero attached hydrogens (tertiary/aromatic N) is 4. The van der Waals surface area contributed by atoms with Gasteiger partial charge in [0.15, 0.2) is 5.82 Å². The van der Waals surface area contributed by atoms with Crippen LogP contribution in [0.4, 0.5) is 10.2 Å². The Bertz CT molecular complexity index is 1310. The Labute approximate surface area is 223 Å². The van der Waals surface area contributed by atoms with Gasteiger partial charge in [-0.1, -0.05) is 26.0 Å². The lowest BCUT2D eigenvalue weighted by Gasteiger charge is -2.36. The molecule has 2 heterocycles. The molecule has 1 aromatic heterocycles. The van der Waals surface area contributed by atoms with Gasteiger partial charge in [0.2, 0.25) is 5.91 Å². The van der Waals surface area contributed by atoms with Gasteiger partial charge in [-0.05, 0) is 49.1 Å².